The van der Waals surface area contributed by atoms with Gasteiger partial charge in [0.05, 0.1) is 0 Å². The largest absolute Gasteiger partial charge is 3.00 e. The van der Waals surface area contributed by atoms with Gasteiger partial charge in [0.25, 0.3) is 5.97 Å². The number of carbonyl (C=O) groups excluding carboxylic acids is 3. The maximum atomic E-state index is 9.00. The van der Waals surface area contributed by atoms with Gasteiger partial charge in [0.2, 0.25) is 0 Å². The number of nitrogens with two attached hydrogens (primary N) is 2. The third-order valence-corrected chi connectivity index (χ3v) is 0.408. The first kappa shape index (κ1) is 37.0. The van der Waals surface area contributed by atoms with Gasteiger partial charge in [-0.15, -0.1) is 0 Å². The molecule has 0 bridgehead atoms. The summed E-state index contributed by atoms with van der Waals surface area (Å²) in [4.78, 5) is 35.7. The zero-order valence-corrected chi connectivity index (χ0v) is 14.3. The smallest absolute Gasteiger partial charge is 0.550 e. The molecule has 10 nitrogen and oxygen atoms in total. The average Bonchev–Trinajstić information content (AvgIpc) is 2.14. The Hall–Kier alpha value is -1.67. The number of carboxylic acids is 4. The van der Waals surface area contributed by atoms with Gasteiger partial charge in [0.1, 0.15) is 0 Å². The van der Waals surface area contributed by atoms with Gasteiger partial charge in [-0.25, -0.2) is 0 Å². The van der Waals surface area contributed by atoms with Crippen LogP contribution in [0.3, 0.4) is 0 Å². The van der Waals surface area contributed by atoms with Gasteiger partial charge >= 0.3 is 17.4 Å². The van der Waals surface area contributed by atoms with Crippen LogP contribution >= 0.6 is 0 Å². The predicted molar refractivity (Wildman–Crippen MR) is 73.8 cm³/mol. The van der Waals surface area contributed by atoms with Gasteiger partial charge in [-0.1, -0.05) is 0 Å². The molecule has 0 saturated carbocycles. The van der Waals surface area contributed by atoms with Gasteiger partial charge in [0, 0.05) is 24.8 Å². The Balaban J connectivity index is -0.0000000361. The molecule has 0 radical (unpaired) electrons. The SMILES string of the molecule is CC(=O)O.CC(=O)[O-].CC(=O)[O-].CC(=O)[O-].NCCCN.[Al+3]. The maximum Gasteiger partial charge on any atom is 3.00 e. The van der Waals surface area contributed by atoms with Crippen molar-refractivity contribution in [3.05, 3.63) is 0 Å². The van der Waals surface area contributed by atoms with E-state index < -0.39 is 23.9 Å². The molecular weight excluding hydrogens is 315 g/mol. The molecule has 0 aliphatic heterocycles. The van der Waals surface area contributed by atoms with Crippen molar-refractivity contribution in [2.75, 3.05) is 13.1 Å². The van der Waals surface area contributed by atoms with Crippen LogP contribution in [0.1, 0.15) is 34.1 Å². The normalized spacial score (nSPS) is 6.45. The number of hydrogen-bond acceptors (Lipinski definition) is 9. The fraction of sp³-hybridized carbons (Fsp3) is 0.636. The molecule has 22 heavy (non-hydrogen) atoms. The molecule has 0 fully saturated rings. The quantitative estimate of drug-likeness (QED) is 0.409. The second-order valence-corrected chi connectivity index (χ2v) is 2.92. The minimum absolute atomic E-state index is 0. The molecule has 0 rings (SSSR count). The molecule has 11 heteroatoms. The van der Waals surface area contributed by atoms with Crippen molar-refractivity contribution in [2.24, 2.45) is 11.5 Å². The molecule has 0 saturated heterocycles. The number of rotatable bonds is 2. The van der Waals surface area contributed by atoms with Crippen molar-refractivity contribution in [2.45, 2.75) is 34.1 Å². The minimum atomic E-state index is -1.08. The monoisotopic (exact) mass is 338 g/mol. The van der Waals surface area contributed by atoms with Crippen LogP contribution in [0.4, 0.5) is 0 Å². The maximum absolute atomic E-state index is 9.00. The van der Waals surface area contributed by atoms with Crippen molar-refractivity contribution >= 4 is 41.2 Å². The molecule has 0 amide bonds. The summed E-state index contributed by atoms with van der Waals surface area (Å²) in [5.41, 5.74) is 10.1. The number of carboxylic acid groups (broad SMARTS) is 4. The van der Waals surface area contributed by atoms with Gasteiger partial charge in [-0.3, -0.25) is 4.79 Å². The van der Waals surface area contributed by atoms with Crippen LogP contribution in [-0.2, 0) is 19.2 Å². The molecular formula is C11H23AlN2O8. The third kappa shape index (κ3) is 49800. The first-order chi connectivity index (χ1) is 9.34. The molecule has 5 N–H and O–H groups in total. The van der Waals surface area contributed by atoms with E-state index in [4.69, 9.17) is 51.1 Å². The summed E-state index contributed by atoms with van der Waals surface area (Å²) < 4.78 is 0. The van der Waals surface area contributed by atoms with Crippen LogP contribution in [0.25, 0.3) is 0 Å². The van der Waals surface area contributed by atoms with Crippen LogP contribution in [0.5, 0.6) is 0 Å². The van der Waals surface area contributed by atoms with E-state index >= 15 is 0 Å². The van der Waals surface area contributed by atoms with Crippen LogP contribution < -0.4 is 26.8 Å². The van der Waals surface area contributed by atoms with Gasteiger partial charge < -0.3 is 46.3 Å². The van der Waals surface area contributed by atoms with E-state index in [1.54, 1.807) is 0 Å². The van der Waals surface area contributed by atoms with Gasteiger partial charge in [-0.05, 0) is 40.3 Å². The Labute approximate surface area is 140 Å². The Morgan fingerprint density at radius 3 is 0.864 bits per heavy atom. The number of aliphatic carboxylic acids is 4. The van der Waals surface area contributed by atoms with Crippen molar-refractivity contribution in [3.63, 3.8) is 0 Å². The molecule has 0 aliphatic rings. The van der Waals surface area contributed by atoms with E-state index in [1.165, 1.54) is 0 Å². The predicted octanol–water partition coefficient (Wildman–Crippen LogP) is -4.73. The third-order valence-electron chi connectivity index (χ3n) is 0.408. The van der Waals surface area contributed by atoms with E-state index in [9.17, 15) is 0 Å². The van der Waals surface area contributed by atoms with Crippen molar-refractivity contribution < 1.29 is 39.6 Å². The molecule has 0 aromatic heterocycles. The van der Waals surface area contributed by atoms with E-state index in [-0.39, 0.29) is 17.4 Å². The van der Waals surface area contributed by atoms with Crippen LogP contribution in [0, 0.1) is 0 Å². The van der Waals surface area contributed by atoms with Gasteiger partial charge in [-0.2, -0.15) is 0 Å². The summed E-state index contributed by atoms with van der Waals surface area (Å²) in [5.74, 6) is -4.08. The standard InChI is InChI=1S/C3H10N2.4C2H4O2.Al/c4-2-1-3-5;4*1-2(3)4;/h1-5H2;4*1H3,(H,3,4);/q;;;;;+3/p-3. The summed E-state index contributed by atoms with van der Waals surface area (Å²) in [6.07, 6.45) is 0.944. The zero-order chi connectivity index (χ0) is 18.4. The molecule has 0 spiro atoms. The Morgan fingerprint density at radius 1 is 0.773 bits per heavy atom. The molecule has 0 unspecified atom stereocenters. The van der Waals surface area contributed by atoms with Crippen molar-refractivity contribution in [1.29, 1.82) is 0 Å². The molecule has 0 aromatic carbocycles. The van der Waals surface area contributed by atoms with Crippen LogP contribution in [0.15, 0.2) is 0 Å². The molecule has 0 atom stereocenters. The Kier molecular flexibility index (Phi) is 61.5. The molecule has 0 aliphatic carbocycles. The average molecular weight is 338 g/mol. The Bertz CT molecular complexity index is 209. The van der Waals surface area contributed by atoms with Crippen LogP contribution in [0.2, 0.25) is 0 Å². The summed E-state index contributed by atoms with van der Waals surface area (Å²) in [7, 11) is 0. The second kappa shape index (κ2) is 36.6. The number of carbonyl (C=O) groups is 4. The molecule has 0 aromatic rings. The summed E-state index contributed by atoms with van der Waals surface area (Å²) >= 11 is 0. The topological polar surface area (TPSA) is 210 Å². The zero-order valence-electron chi connectivity index (χ0n) is 13.2. The van der Waals surface area contributed by atoms with E-state index in [2.05, 4.69) is 0 Å². The summed E-state index contributed by atoms with van der Waals surface area (Å²) in [6.45, 7) is 5.44. The first-order valence-corrected chi connectivity index (χ1v) is 5.47. The van der Waals surface area contributed by atoms with E-state index in [1.807, 2.05) is 0 Å². The van der Waals surface area contributed by atoms with Gasteiger partial charge in [0.15, 0.2) is 0 Å². The van der Waals surface area contributed by atoms with Crippen molar-refractivity contribution in [3.8, 4) is 0 Å². The van der Waals surface area contributed by atoms with Crippen LogP contribution in [-0.4, -0.2) is 59.4 Å². The molecule has 128 valence electrons. The fourth-order valence-corrected chi connectivity index (χ4v) is 0.118. The Morgan fingerprint density at radius 2 is 0.864 bits per heavy atom. The summed E-state index contributed by atoms with van der Waals surface area (Å²) in [5, 5.41) is 34.1. The fourth-order valence-electron chi connectivity index (χ4n) is 0.118. The number of hydrogen-bond donors (Lipinski definition) is 3. The summed E-state index contributed by atoms with van der Waals surface area (Å²) in [6, 6.07) is 0. The van der Waals surface area contributed by atoms with E-state index in [0.717, 1.165) is 47.2 Å². The van der Waals surface area contributed by atoms with E-state index in [0.29, 0.717) is 0 Å². The first-order valence-electron chi connectivity index (χ1n) is 5.47. The minimum Gasteiger partial charge on any atom is -0.550 e. The second-order valence-electron chi connectivity index (χ2n) is 2.92. The molecule has 0 heterocycles. The van der Waals surface area contributed by atoms with Crippen molar-refractivity contribution in [1.82, 2.24) is 0 Å².